The molecule has 124 valence electrons. The lowest BCUT2D eigenvalue weighted by molar-refractivity contribution is -0.117. The van der Waals surface area contributed by atoms with Crippen LogP contribution < -0.4 is 5.32 Å². The van der Waals surface area contributed by atoms with Crippen molar-refractivity contribution < 1.29 is 9.53 Å². The molecule has 0 aromatic heterocycles. The summed E-state index contributed by atoms with van der Waals surface area (Å²) in [7, 11) is 0. The highest BCUT2D eigenvalue weighted by atomic mass is 35.5. The molecular weight excluding hydrogens is 300 g/mol. The number of anilines is 1. The predicted molar refractivity (Wildman–Crippen MR) is 92.9 cm³/mol. The molecule has 22 heavy (non-hydrogen) atoms. The molecule has 1 amide bonds. The molecular formula is C17H27ClN2O2. The van der Waals surface area contributed by atoms with Crippen molar-refractivity contribution in [3.05, 3.63) is 29.3 Å². The summed E-state index contributed by atoms with van der Waals surface area (Å²) in [5.41, 5.74) is 3.32. The minimum atomic E-state index is 0. The zero-order valence-electron chi connectivity index (χ0n) is 13.9. The van der Waals surface area contributed by atoms with Gasteiger partial charge in [-0.05, 0) is 51.0 Å². The monoisotopic (exact) mass is 326 g/mol. The molecule has 4 nitrogen and oxygen atoms in total. The van der Waals surface area contributed by atoms with Gasteiger partial charge in [-0.25, -0.2) is 0 Å². The highest BCUT2D eigenvalue weighted by molar-refractivity contribution is 5.90. The number of amides is 1. The van der Waals surface area contributed by atoms with E-state index in [1.54, 1.807) is 0 Å². The summed E-state index contributed by atoms with van der Waals surface area (Å²) in [5.74, 6) is 0.0741. The molecule has 1 saturated heterocycles. The van der Waals surface area contributed by atoms with Gasteiger partial charge in [0.2, 0.25) is 5.91 Å². The van der Waals surface area contributed by atoms with Crippen LogP contribution in [0.4, 0.5) is 5.69 Å². The van der Waals surface area contributed by atoms with E-state index in [0.717, 1.165) is 25.3 Å². The third kappa shape index (κ3) is 5.59. The van der Waals surface area contributed by atoms with E-state index in [1.165, 1.54) is 11.1 Å². The summed E-state index contributed by atoms with van der Waals surface area (Å²) in [4.78, 5) is 14.3. The van der Waals surface area contributed by atoms with Crippen LogP contribution in [0.15, 0.2) is 18.2 Å². The number of nitrogens with one attached hydrogen (secondary N) is 1. The number of nitrogens with zero attached hydrogens (tertiary/aromatic N) is 1. The lowest BCUT2D eigenvalue weighted by atomic mass is 10.1. The van der Waals surface area contributed by atoms with E-state index in [4.69, 9.17) is 4.74 Å². The SMILES string of the molecule is Cc1ccc(NC(=O)CCN2CC(C)OC(C)C2)cc1C.Cl. The lowest BCUT2D eigenvalue weighted by Crippen LogP contribution is -2.46. The third-order valence-electron chi connectivity index (χ3n) is 3.94. The number of morpholine rings is 1. The lowest BCUT2D eigenvalue weighted by Gasteiger charge is -2.35. The first kappa shape index (κ1) is 18.9. The van der Waals surface area contributed by atoms with Gasteiger partial charge in [-0.2, -0.15) is 0 Å². The summed E-state index contributed by atoms with van der Waals surface area (Å²) >= 11 is 0. The van der Waals surface area contributed by atoms with Crippen LogP contribution in [0.5, 0.6) is 0 Å². The zero-order chi connectivity index (χ0) is 15.4. The molecule has 0 bridgehead atoms. The molecule has 5 heteroatoms. The van der Waals surface area contributed by atoms with Crippen LogP contribution >= 0.6 is 12.4 Å². The van der Waals surface area contributed by atoms with Crippen molar-refractivity contribution in [1.29, 1.82) is 0 Å². The van der Waals surface area contributed by atoms with E-state index in [9.17, 15) is 4.79 Å². The smallest absolute Gasteiger partial charge is 0.225 e. The molecule has 0 aliphatic carbocycles. The van der Waals surface area contributed by atoms with Gasteiger partial charge >= 0.3 is 0 Å². The maximum Gasteiger partial charge on any atom is 0.225 e. The van der Waals surface area contributed by atoms with Crippen molar-refractivity contribution in [3.8, 4) is 0 Å². The number of hydrogen-bond acceptors (Lipinski definition) is 3. The molecule has 0 saturated carbocycles. The number of carbonyl (C=O) groups excluding carboxylic acids is 1. The van der Waals surface area contributed by atoms with Crippen molar-refractivity contribution in [1.82, 2.24) is 4.90 Å². The fourth-order valence-electron chi connectivity index (χ4n) is 2.77. The molecule has 1 aliphatic heterocycles. The van der Waals surface area contributed by atoms with E-state index >= 15 is 0 Å². The van der Waals surface area contributed by atoms with Gasteiger partial charge in [0, 0.05) is 31.7 Å². The molecule has 1 aromatic rings. The van der Waals surface area contributed by atoms with Crippen LogP contribution in [-0.4, -0.2) is 42.6 Å². The number of carbonyl (C=O) groups is 1. The first-order valence-electron chi connectivity index (χ1n) is 7.69. The number of benzene rings is 1. The summed E-state index contributed by atoms with van der Waals surface area (Å²) in [6.45, 7) is 10.9. The van der Waals surface area contributed by atoms with Gasteiger partial charge in [-0.3, -0.25) is 9.69 Å². The quantitative estimate of drug-likeness (QED) is 0.924. The summed E-state index contributed by atoms with van der Waals surface area (Å²) in [6, 6.07) is 6.02. The first-order valence-corrected chi connectivity index (χ1v) is 7.69. The molecule has 1 N–H and O–H groups in total. The van der Waals surface area contributed by atoms with Gasteiger partial charge in [0.25, 0.3) is 0 Å². The van der Waals surface area contributed by atoms with Gasteiger partial charge in [0.1, 0.15) is 0 Å². The maximum absolute atomic E-state index is 12.0. The Balaban J connectivity index is 0.00000242. The molecule has 2 rings (SSSR count). The minimum Gasteiger partial charge on any atom is -0.373 e. The normalized spacial score (nSPS) is 22.0. The van der Waals surface area contributed by atoms with E-state index in [-0.39, 0.29) is 30.5 Å². The Bertz CT molecular complexity index is 497. The van der Waals surface area contributed by atoms with Crippen molar-refractivity contribution >= 4 is 24.0 Å². The van der Waals surface area contributed by atoms with Crippen molar-refractivity contribution in [3.63, 3.8) is 0 Å². The molecule has 1 aliphatic rings. The number of aryl methyl sites for hydroxylation is 2. The van der Waals surface area contributed by atoms with Gasteiger partial charge in [0.15, 0.2) is 0 Å². The Labute approximate surface area is 139 Å². The van der Waals surface area contributed by atoms with E-state index < -0.39 is 0 Å². The number of hydrogen-bond donors (Lipinski definition) is 1. The van der Waals surface area contributed by atoms with E-state index in [2.05, 4.69) is 37.9 Å². The van der Waals surface area contributed by atoms with Crippen LogP contribution in [-0.2, 0) is 9.53 Å². The molecule has 1 fully saturated rings. The molecule has 2 unspecified atom stereocenters. The molecule has 0 spiro atoms. The average Bonchev–Trinajstić information content (AvgIpc) is 2.40. The summed E-state index contributed by atoms with van der Waals surface area (Å²) in [5, 5.41) is 2.98. The highest BCUT2D eigenvalue weighted by Gasteiger charge is 2.22. The van der Waals surface area contributed by atoms with Crippen LogP contribution in [0.2, 0.25) is 0 Å². The Hall–Kier alpha value is -1.10. The Morgan fingerprint density at radius 3 is 2.45 bits per heavy atom. The van der Waals surface area contributed by atoms with E-state index in [1.807, 2.05) is 18.2 Å². The molecule has 2 atom stereocenters. The third-order valence-corrected chi connectivity index (χ3v) is 3.94. The second-order valence-corrected chi connectivity index (χ2v) is 6.11. The standard InChI is InChI=1S/C17H26N2O2.ClH/c1-12-5-6-16(9-13(12)2)18-17(20)7-8-19-10-14(3)21-15(4)11-19;/h5-6,9,14-15H,7-8,10-11H2,1-4H3,(H,18,20);1H. The topological polar surface area (TPSA) is 41.6 Å². The molecule has 1 aromatic carbocycles. The Kier molecular flexibility index (Phi) is 7.33. The second-order valence-electron chi connectivity index (χ2n) is 6.11. The van der Waals surface area contributed by atoms with E-state index in [0.29, 0.717) is 6.42 Å². The van der Waals surface area contributed by atoms with Crippen LogP contribution in [0.25, 0.3) is 0 Å². The van der Waals surface area contributed by atoms with Gasteiger partial charge in [-0.1, -0.05) is 6.07 Å². The van der Waals surface area contributed by atoms with Crippen LogP contribution in [0, 0.1) is 13.8 Å². The summed E-state index contributed by atoms with van der Waals surface area (Å²) < 4.78 is 5.70. The number of rotatable bonds is 4. The van der Waals surface area contributed by atoms with Crippen molar-refractivity contribution in [2.45, 2.75) is 46.3 Å². The zero-order valence-corrected chi connectivity index (χ0v) is 14.7. The fraction of sp³-hybridized carbons (Fsp3) is 0.588. The maximum atomic E-state index is 12.0. The van der Waals surface area contributed by atoms with Crippen molar-refractivity contribution in [2.24, 2.45) is 0 Å². The fourth-order valence-corrected chi connectivity index (χ4v) is 2.77. The largest absolute Gasteiger partial charge is 0.373 e. The second kappa shape index (κ2) is 8.51. The minimum absolute atomic E-state index is 0. The molecule has 1 heterocycles. The Morgan fingerprint density at radius 2 is 1.86 bits per heavy atom. The highest BCUT2D eigenvalue weighted by Crippen LogP contribution is 2.15. The van der Waals surface area contributed by atoms with Crippen LogP contribution in [0.1, 0.15) is 31.4 Å². The predicted octanol–water partition coefficient (Wildman–Crippen LogP) is 3.16. The average molecular weight is 327 g/mol. The van der Waals surface area contributed by atoms with Gasteiger partial charge in [0.05, 0.1) is 12.2 Å². The Morgan fingerprint density at radius 1 is 1.23 bits per heavy atom. The number of ether oxygens (including phenoxy) is 1. The molecule has 0 radical (unpaired) electrons. The van der Waals surface area contributed by atoms with Crippen molar-refractivity contribution in [2.75, 3.05) is 25.0 Å². The van der Waals surface area contributed by atoms with Crippen LogP contribution in [0.3, 0.4) is 0 Å². The number of halogens is 1. The van der Waals surface area contributed by atoms with Gasteiger partial charge in [-0.15, -0.1) is 12.4 Å². The first-order chi connectivity index (χ1) is 9.94. The van der Waals surface area contributed by atoms with Gasteiger partial charge < -0.3 is 10.1 Å². The summed E-state index contributed by atoms with van der Waals surface area (Å²) in [6.07, 6.45) is 1.01.